The molecule has 0 fully saturated rings. The maximum absolute atomic E-state index is 2.47. The Morgan fingerprint density at radius 3 is 1.37 bits per heavy atom. The van der Waals surface area contributed by atoms with Crippen molar-refractivity contribution in [2.75, 3.05) is 4.90 Å². The zero-order chi connectivity index (χ0) is 37.6. The van der Waals surface area contributed by atoms with Gasteiger partial charge in [-0.05, 0) is 116 Å². The van der Waals surface area contributed by atoms with E-state index in [4.69, 9.17) is 0 Å². The number of hydrogen-bond donors (Lipinski definition) is 0. The van der Waals surface area contributed by atoms with Crippen molar-refractivity contribution in [2.45, 2.75) is 23.7 Å². The van der Waals surface area contributed by atoms with E-state index in [9.17, 15) is 0 Å². The predicted octanol–water partition coefficient (Wildman–Crippen LogP) is 13.9. The Hall–Kier alpha value is -6.96. The van der Waals surface area contributed by atoms with Crippen LogP contribution in [0.4, 0.5) is 17.1 Å². The summed E-state index contributed by atoms with van der Waals surface area (Å²) in [4.78, 5) is 2.47. The maximum Gasteiger partial charge on any atom is 0.0720 e. The van der Waals surface area contributed by atoms with Crippen LogP contribution in [0, 0.1) is 0 Å². The fourth-order valence-electron chi connectivity index (χ4n) is 11.1. The number of anilines is 3. The molecule has 0 atom stereocenters. The normalized spacial score (nSPS) is 15.5. The molecule has 57 heavy (non-hydrogen) atoms. The molecule has 0 radical (unpaired) electrons. The first kappa shape index (κ1) is 32.3. The van der Waals surface area contributed by atoms with Crippen molar-refractivity contribution < 1.29 is 0 Å². The van der Waals surface area contributed by atoms with Crippen molar-refractivity contribution in [1.82, 2.24) is 0 Å². The number of rotatable bonds is 4. The topological polar surface area (TPSA) is 3.24 Å². The van der Waals surface area contributed by atoms with Gasteiger partial charge in [-0.2, -0.15) is 0 Å². The number of nitrogens with zero attached hydrogens (tertiary/aromatic N) is 1. The first-order valence-electron chi connectivity index (χ1n) is 20.3. The Kier molecular flexibility index (Phi) is 6.95. The van der Waals surface area contributed by atoms with Gasteiger partial charge in [0.05, 0.1) is 16.5 Å². The molecule has 0 N–H and O–H groups in total. The van der Waals surface area contributed by atoms with Gasteiger partial charge in [-0.15, -0.1) is 0 Å². The molecule has 4 aliphatic rings. The Morgan fingerprint density at radius 2 is 0.807 bits per heavy atom. The number of allylic oxidation sites excluding steroid dienone is 4. The SMILES string of the molecule is C1=CC(c2ccc(N(c3ccccc3)c3cccc4c3-c3ccccc3C43c4ccccc4C4(c5ccccc5-c5ccccc54)c4ccccc43)cc2)=CCC1. The fourth-order valence-corrected chi connectivity index (χ4v) is 11.1. The quantitative estimate of drug-likeness (QED) is 0.175. The Labute approximate surface area is 334 Å². The molecule has 0 amide bonds. The van der Waals surface area contributed by atoms with E-state index in [1.807, 2.05) is 0 Å². The van der Waals surface area contributed by atoms with Crippen LogP contribution in [-0.2, 0) is 10.8 Å². The van der Waals surface area contributed by atoms with Crippen LogP contribution in [0.3, 0.4) is 0 Å². The summed E-state index contributed by atoms with van der Waals surface area (Å²) in [5.74, 6) is 0. The smallest absolute Gasteiger partial charge is 0.0720 e. The standard InChI is InChI=1S/C56H39N/c1-3-18-38(19-4-1)39-34-36-41(37-35-39)57(40-20-5-2-6-21-40)53-33-17-32-52-54(53)44-24-9-12-27-47(44)56(52)50-30-15-13-28-48(50)55(49-29-14-16-31-51(49)56)45-25-10-7-22-42(45)43-23-8-11-26-46(43)55/h2-3,5-37H,1,4H2. The summed E-state index contributed by atoms with van der Waals surface area (Å²) in [7, 11) is 0. The molecule has 2 spiro atoms. The number of para-hydroxylation sites is 1. The van der Waals surface area contributed by atoms with Gasteiger partial charge < -0.3 is 4.90 Å². The van der Waals surface area contributed by atoms with Crippen LogP contribution >= 0.6 is 0 Å². The van der Waals surface area contributed by atoms with Crippen LogP contribution in [0.1, 0.15) is 62.9 Å². The van der Waals surface area contributed by atoms with Gasteiger partial charge in [0.1, 0.15) is 0 Å². The molecule has 4 aliphatic carbocycles. The summed E-state index contributed by atoms with van der Waals surface area (Å²) in [6.07, 6.45) is 9.11. The van der Waals surface area contributed by atoms with E-state index in [0.29, 0.717) is 0 Å². The lowest BCUT2D eigenvalue weighted by atomic mass is 9.52. The van der Waals surface area contributed by atoms with Crippen molar-refractivity contribution in [3.8, 4) is 22.3 Å². The van der Waals surface area contributed by atoms with Gasteiger partial charge in [-0.3, -0.25) is 0 Å². The highest BCUT2D eigenvalue weighted by atomic mass is 15.1. The second-order valence-electron chi connectivity index (χ2n) is 15.8. The van der Waals surface area contributed by atoms with Crippen molar-refractivity contribution in [3.05, 3.63) is 262 Å². The molecule has 0 unspecified atom stereocenters. The van der Waals surface area contributed by atoms with Crippen molar-refractivity contribution >= 4 is 22.6 Å². The summed E-state index contributed by atoms with van der Waals surface area (Å²) >= 11 is 0. The summed E-state index contributed by atoms with van der Waals surface area (Å²) in [6, 6.07) is 73.2. The van der Waals surface area contributed by atoms with Crippen molar-refractivity contribution in [1.29, 1.82) is 0 Å². The lowest BCUT2D eigenvalue weighted by Crippen LogP contribution is -2.43. The van der Waals surface area contributed by atoms with E-state index in [-0.39, 0.29) is 0 Å². The zero-order valence-corrected chi connectivity index (χ0v) is 31.6. The van der Waals surface area contributed by atoms with E-state index >= 15 is 0 Å². The first-order valence-corrected chi connectivity index (χ1v) is 20.3. The van der Waals surface area contributed by atoms with Crippen LogP contribution in [0.2, 0.25) is 0 Å². The molecule has 1 heteroatoms. The Balaban J connectivity index is 1.16. The highest BCUT2D eigenvalue weighted by molar-refractivity contribution is 5.99. The third-order valence-electron chi connectivity index (χ3n) is 13.2. The number of fused-ring (bicyclic) bond motifs is 16. The zero-order valence-electron chi connectivity index (χ0n) is 31.6. The highest BCUT2D eigenvalue weighted by Crippen LogP contribution is 2.68. The van der Waals surface area contributed by atoms with Gasteiger partial charge in [0.25, 0.3) is 0 Å². The molecule has 0 saturated heterocycles. The number of benzene rings is 8. The van der Waals surface area contributed by atoms with Gasteiger partial charge in [-0.1, -0.05) is 182 Å². The van der Waals surface area contributed by atoms with E-state index in [1.54, 1.807) is 0 Å². The monoisotopic (exact) mass is 725 g/mol. The van der Waals surface area contributed by atoms with Gasteiger partial charge in [0.2, 0.25) is 0 Å². The van der Waals surface area contributed by atoms with Crippen LogP contribution < -0.4 is 4.90 Å². The maximum atomic E-state index is 2.47. The molecule has 12 rings (SSSR count). The molecular formula is C56H39N. The second-order valence-corrected chi connectivity index (χ2v) is 15.8. The molecule has 0 heterocycles. The minimum atomic E-state index is -0.543. The van der Waals surface area contributed by atoms with Gasteiger partial charge in [0.15, 0.2) is 0 Å². The first-order chi connectivity index (χ1) is 28.3. The van der Waals surface area contributed by atoms with Gasteiger partial charge >= 0.3 is 0 Å². The average molecular weight is 726 g/mol. The number of hydrogen-bond acceptors (Lipinski definition) is 1. The second kappa shape index (κ2) is 12.3. The Bertz CT molecular complexity index is 2870. The molecule has 1 nitrogen and oxygen atoms in total. The molecule has 268 valence electrons. The molecule has 0 bridgehead atoms. The van der Waals surface area contributed by atoms with E-state index < -0.39 is 10.8 Å². The van der Waals surface area contributed by atoms with Gasteiger partial charge in [-0.25, -0.2) is 0 Å². The molecule has 0 aliphatic heterocycles. The van der Waals surface area contributed by atoms with E-state index in [0.717, 1.165) is 24.2 Å². The van der Waals surface area contributed by atoms with Crippen molar-refractivity contribution in [2.24, 2.45) is 0 Å². The molecule has 0 saturated carbocycles. The van der Waals surface area contributed by atoms with Crippen LogP contribution in [-0.4, -0.2) is 0 Å². The molecule has 8 aromatic carbocycles. The summed E-state index contributed by atoms with van der Waals surface area (Å²) < 4.78 is 0. The fraction of sp³-hybridized carbons (Fsp3) is 0.0714. The largest absolute Gasteiger partial charge is 0.310 e. The predicted molar refractivity (Wildman–Crippen MR) is 236 cm³/mol. The van der Waals surface area contributed by atoms with E-state index in [1.165, 1.54) is 83.6 Å². The van der Waals surface area contributed by atoms with Crippen LogP contribution in [0.15, 0.2) is 212 Å². The van der Waals surface area contributed by atoms with E-state index in [2.05, 4.69) is 217 Å². The summed E-state index contributed by atoms with van der Waals surface area (Å²) in [5, 5.41) is 0. The Morgan fingerprint density at radius 1 is 0.351 bits per heavy atom. The summed E-state index contributed by atoms with van der Waals surface area (Å²) in [6.45, 7) is 0. The lowest BCUT2D eigenvalue weighted by Gasteiger charge is -2.48. The lowest BCUT2D eigenvalue weighted by molar-refractivity contribution is 0.633. The molecule has 0 aromatic heterocycles. The van der Waals surface area contributed by atoms with Crippen molar-refractivity contribution in [3.63, 3.8) is 0 Å². The molecule has 8 aromatic rings. The van der Waals surface area contributed by atoms with Crippen LogP contribution in [0.5, 0.6) is 0 Å². The third-order valence-corrected chi connectivity index (χ3v) is 13.2. The molecular weight excluding hydrogens is 687 g/mol. The minimum absolute atomic E-state index is 0.457. The van der Waals surface area contributed by atoms with Crippen LogP contribution in [0.25, 0.3) is 27.8 Å². The highest BCUT2D eigenvalue weighted by Gasteiger charge is 2.59. The van der Waals surface area contributed by atoms with Gasteiger partial charge in [0, 0.05) is 16.9 Å². The third kappa shape index (κ3) is 4.24. The summed E-state index contributed by atoms with van der Waals surface area (Å²) in [5.41, 5.74) is 21.0. The average Bonchev–Trinajstić information content (AvgIpc) is 3.76. The minimum Gasteiger partial charge on any atom is -0.310 e.